The molecule has 0 radical (unpaired) electrons. The lowest BCUT2D eigenvalue weighted by atomic mass is 10.1. The number of rotatable bonds is 2. The highest BCUT2D eigenvalue weighted by molar-refractivity contribution is 6.32. The summed E-state index contributed by atoms with van der Waals surface area (Å²) in [6.45, 7) is 5.40. The number of carbonyl (C=O) groups is 3. The minimum atomic E-state index is -1.04. The molecule has 0 aromatic heterocycles. The van der Waals surface area contributed by atoms with E-state index in [0.29, 0.717) is 5.56 Å². The lowest BCUT2D eigenvalue weighted by Crippen LogP contribution is -2.45. The maximum atomic E-state index is 11.8. The van der Waals surface area contributed by atoms with E-state index in [1.54, 1.807) is 19.1 Å². The first-order valence-electron chi connectivity index (χ1n) is 5.79. The Morgan fingerprint density at radius 1 is 1.05 bits per heavy atom. The van der Waals surface area contributed by atoms with Gasteiger partial charge < -0.3 is 4.74 Å². The Morgan fingerprint density at radius 3 is 2.16 bits per heavy atom. The first kappa shape index (κ1) is 14.7. The third-order valence-corrected chi connectivity index (χ3v) is 2.23. The molecular formula is C13H16N2O4. The van der Waals surface area contributed by atoms with E-state index in [1.165, 1.54) is 0 Å². The van der Waals surface area contributed by atoms with Crippen LogP contribution in [0.2, 0.25) is 0 Å². The monoisotopic (exact) mass is 264 g/mol. The topological polar surface area (TPSA) is 84.5 Å². The van der Waals surface area contributed by atoms with Gasteiger partial charge >= 0.3 is 11.9 Å². The number of hydrogen-bond acceptors (Lipinski definition) is 4. The molecule has 1 aromatic rings. The van der Waals surface area contributed by atoms with Crippen molar-refractivity contribution in [3.05, 3.63) is 34.9 Å². The molecule has 0 saturated carbocycles. The van der Waals surface area contributed by atoms with Crippen molar-refractivity contribution < 1.29 is 19.1 Å². The molecule has 0 spiro atoms. The number of benzene rings is 1. The van der Waals surface area contributed by atoms with Gasteiger partial charge in [0.25, 0.3) is 5.91 Å². The summed E-state index contributed by atoms with van der Waals surface area (Å²) >= 11 is 0. The molecule has 19 heavy (non-hydrogen) atoms. The highest BCUT2D eigenvalue weighted by Gasteiger charge is 2.15. The van der Waals surface area contributed by atoms with Crippen molar-refractivity contribution in [2.45, 2.75) is 20.8 Å². The van der Waals surface area contributed by atoms with Crippen LogP contribution >= 0.6 is 0 Å². The number of amides is 2. The van der Waals surface area contributed by atoms with Crippen LogP contribution in [0.1, 0.15) is 28.4 Å². The van der Waals surface area contributed by atoms with Crippen molar-refractivity contribution in [3.63, 3.8) is 0 Å². The number of esters is 1. The van der Waals surface area contributed by atoms with E-state index in [0.717, 1.165) is 11.1 Å². The van der Waals surface area contributed by atoms with E-state index in [4.69, 9.17) is 0 Å². The van der Waals surface area contributed by atoms with Crippen molar-refractivity contribution in [2.24, 2.45) is 0 Å². The lowest BCUT2D eigenvalue weighted by molar-refractivity contribution is -0.154. The Kier molecular flexibility index (Phi) is 5.05. The Balaban J connectivity index is 2.60. The van der Waals surface area contributed by atoms with E-state index >= 15 is 0 Å². The Hall–Kier alpha value is -2.37. The van der Waals surface area contributed by atoms with Gasteiger partial charge in [-0.05, 0) is 32.9 Å². The third kappa shape index (κ3) is 4.42. The predicted molar refractivity (Wildman–Crippen MR) is 68.2 cm³/mol. The van der Waals surface area contributed by atoms with E-state index in [9.17, 15) is 14.4 Å². The predicted octanol–water partition coefficient (Wildman–Crippen LogP) is 0.628. The summed E-state index contributed by atoms with van der Waals surface area (Å²) < 4.78 is 4.48. The molecule has 0 fully saturated rings. The fraction of sp³-hybridized carbons (Fsp3) is 0.308. The zero-order chi connectivity index (χ0) is 14.4. The standard InChI is InChI=1S/C13H16N2O4/c1-4-19-13(18)12(17)15-14-11(16)10-6-8(2)5-9(3)7-10/h5-7H,4H2,1-3H3,(H,14,16)(H,15,17). The van der Waals surface area contributed by atoms with Crippen LogP contribution in [-0.2, 0) is 14.3 Å². The van der Waals surface area contributed by atoms with E-state index in [-0.39, 0.29) is 6.61 Å². The van der Waals surface area contributed by atoms with Gasteiger partial charge in [-0.1, -0.05) is 17.2 Å². The number of ether oxygens (including phenoxy) is 1. The van der Waals surface area contributed by atoms with Crippen LogP contribution in [0, 0.1) is 13.8 Å². The van der Waals surface area contributed by atoms with Crippen LogP contribution in [0.4, 0.5) is 0 Å². The molecule has 0 aliphatic heterocycles. The molecule has 0 aliphatic carbocycles. The van der Waals surface area contributed by atoms with Gasteiger partial charge in [0.2, 0.25) is 0 Å². The summed E-state index contributed by atoms with van der Waals surface area (Å²) in [5.74, 6) is -2.55. The van der Waals surface area contributed by atoms with Gasteiger partial charge in [-0.2, -0.15) is 0 Å². The molecule has 2 amide bonds. The summed E-state index contributed by atoms with van der Waals surface area (Å²) in [5, 5.41) is 0. The first-order valence-corrected chi connectivity index (χ1v) is 5.79. The molecule has 0 saturated heterocycles. The maximum absolute atomic E-state index is 11.8. The molecule has 0 atom stereocenters. The average Bonchev–Trinajstić information content (AvgIpc) is 2.34. The Labute approximate surface area is 111 Å². The second kappa shape index (κ2) is 6.53. The van der Waals surface area contributed by atoms with Gasteiger partial charge in [0.1, 0.15) is 0 Å². The summed E-state index contributed by atoms with van der Waals surface area (Å²) in [6.07, 6.45) is 0. The largest absolute Gasteiger partial charge is 0.459 e. The molecule has 2 N–H and O–H groups in total. The van der Waals surface area contributed by atoms with Crippen molar-refractivity contribution in [2.75, 3.05) is 6.61 Å². The smallest absolute Gasteiger partial charge is 0.398 e. The van der Waals surface area contributed by atoms with E-state index < -0.39 is 17.8 Å². The Bertz CT molecular complexity index is 491. The number of carbonyl (C=O) groups excluding carboxylic acids is 3. The SMILES string of the molecule is CCOC(=O)C(=O)NNC(=O)c1cc(C)cc(C)c1. The van der Waals surface area contributed by atoms with Crippen LogP contribution in [0.15, 0.2) is 18.2 Å². The highest BCUT2D eigenvalue weighted by atomic mass is 16.5. The highest BCUT2D eigenvalue weighted by Crippen LogP contribution is 2.08. The van der Waals surface area contributed by atoms with Crippen LogP contribution in [0.3, 0.4) is 0 Å². The van der Waals surface area contributed by atoms with E-state index in [2.05, 4.69) is 10.2 Å². The summed E-state index contributed by atoms with van der Waals surface area (Å²) in [5.41, 5.74) is 6.41. The van der Waals surface area contributed by atoms with Crippen LogP contribution in [-0.4, -0.2) is 24.4 Å². The van der Waals surface area contributed by atoms with Crippen molar-refractivity contribution >= 4 is 17.8 Å². The van der Waals surface area contributed by atoms with Crippen molar-refractivity contribution in [3.8, 4) is 0 Å². The normalized spacial score (nSPS) is 9.63. The maximum Gasteiger partial charge on any atom is 0.398 e. The zero-order valence-corrected chi connectivity index (χ0v) is 11.1. The molecule has 0 bridgehead atoms. The van der Waals surface area contributed by atoms with Crippen molar-refractivity contribution in [1.29, 1.82) is 0 Å². The minimum absolute atomic E-state index is 0.0945. The molecule has 1 aromatic carbocycles. The second-order valence-corrected chi connectivity index (χ2v) is 4.01. The minimum Gasteiger partial charge on any atom is -0.459 e. The second-order valence-electron chi connectivity index (χ2n) is 4.01. The first-order chi connectivity index (χ1) is 8.93. The van der Waals surface area contributed by atoms with Gasteiger partial charge in [0.15, 0.2) is 0 Å². The quantitative estimate of drug-likeness (QED) is 0.466. The third-order valence-electron chi connectivity index (χ3n) is 2.23. The number of nitrogens with one attached hydrogen (secondary N) is 2. The molecule has 0 heterocycles. The zero-order valence-electron chi connectivity index (χ0n) is 11.1. The molecule has 0 unspecified atom stereocenters. The fourth-order valence-corrected chi connectivity index (χ4v) is 1.54. The van der Waals surface area contributed by atoms with Crippen LogP contribution in [0.5, 0.6) is 0 Å². The van der Waals surface area contributed by atoms with Crippen molar-refractivity contribution in [1.82, 2.24) is 10.9 Å². The van der Waals surface area contributed by atoms with Gasteiger partial charge in [-0.3, -0.25) is 20.4 Å². The van der Waals surface area contributed by atoms with Gasteiger partial charge in [-0.15, -0.1) is 0 Å². The molecule has 102 valence electrons. The van der Waals surface area contributed by atoms with E-state index in [1.807, 2.05) is 25.3 Å². The van der Waals surface area contributed by atoms with Gasteiger partial charge in [-0.25, -0.2) is 4.79 Å². The molecule has 1 rings (SSSR count). The van der Waals surface area contributed by atoms with Crippen LogP contribution < -0.4 is 10.9 Å². The van der Waals surface area contributed by atoms with Crippen LogP contribution in [0.25, 0.3) is 0 Å². The number of hydrogen-bond donors (Lipinski definition) is 2. The molecule has 0 aliphatic rings. The number of hydrazine groups is 1. The Morgan fingerprint density at radius 2 is 1.63 bits per heavy atom. The summed E-state index contributed by atoms with van der Waals surface area (Å²) in [4.78, 5) is 34.0. The van der Waals surface area contributed by atoms with Gasteiger partial charge in [0, 0.05) is 5.56 Å². The molecular weight excluding hydrogens is 248 g/mol. The number of aryl methyl sites for hydroxylation is 2. The molecule has 6 heteroatoms. The van der Waals surface area contributed by atoms with Gasteiger partial charge in [0.05, 0.1) is 6.61 Å². The fourth-order valence-electron chi connectivity index (χ4n) is 1.54. The lowest BCUT2D eigenvalue weighted by Gasteiger charge is -2.08. The summed E-state index contributed by atoms with van der Waals surface area (Å²) in [6, 6.07) is 5.28. The summed E-state index contributed by atoms with van der Waals surface area (Å²) in [7, 11) is 0. The average molecular weight is 264 g/mol. The molecule has 6 nitrogen and oxygen atoms in total.